The molecule has 2 radical (unpaired) electrons. The van der Waals surface area contributed by atoms with Crippen molar-refractivity contribution in [1.82, 2.24) is 0 Å². The highest BCUT2D eigenvalue weighted by Crippen LogP contribution is 2.26. The Labute approximate surface area is 84.1 Å². The summed E-state index contributed by atoms with van der Waals surface area (Å²) in [4.78, 5) is 0. The normalized spacial score (nSPS) is 20.1. The van der Waals surface area contributed by atoms with Gasteiger partial charge in [0.1, 0.15) is 0 Å². The van der Waals surface area contributed by atoms with Crippen LogP contribution in [0.4, 0.5) is 0 Å². The monoisotopic (exact) mass is 180 g/mol. The van der Waals surface area contributed by atoms with Crippen LogP contribution in [0.5, 0.6) is 0 Å². The number of hydrogen-bond donors (Lipinski definition) is 0. The van der Waals surface area contributed by atoms with E-state index in [4.69, 9.17) is 0 Å². The summed E-state index contributed by atoms with van der Waals surface area (Å²) in [5.41, 5.74) is 0. The third-order valence-electron chi connectivity index (χ3n) is 3.10. The topological polar surface area (TPSA) is 0 Å². The molecule has 1 rings (SSSR count). The van der Waals surface area contributed by atoms with Crippen molar-refractivity contribution < 1.29 is 0 Å². The van der Waals surface area contributed by atoms with Gasteiger partial charge in [-0.25, -0.2) is 0 Å². The fraction of sp³-hybridized carbons (Fsp3) is 0.846. The van der Waals surface area contributed by atoms with Crippen LogP contribution in [0.1, 0.15) is 64.2 Å². The quantitative estimate of drug-likeness (QED) is 0.430. The van der Waals surface area contributed by atoms with Gasteiger partial charge in [0.2, 0.25) is 0 Å². The van der Waals surface area contributed by atoms with Crippen LogP contribution in [0.2, 0.25) is 0 Å². The van der Waals surface area contributed by atoms with E-state index in [0.717, 1.165) is 12.3 Å². The molecule has 76 valence electrons. The Morgan fingerprint density at radius 2 is 1.69 bits per heavy atom. The number of rotatable bonds is 5. The fourth-order valence-corrected chi connectivity index (χ4v) is 2.22. The van der Waals surface area contributed by atoms with Crippen LogP contribution in [0.25, 0.3) is 0 Å². The zero-order valence-corrected chi connectivity index (χ0v) is 8.93. The Morgan fingerprint density at radius 1 is 1.00 bits per heavy atom. The van der Waals surface area contributed by atoms with Crippen LogP contribution in [0.15, 0.2) is 0 Å². The smallest absolute Gasteiger partial charge is 0.0355 e. The molecule has 0 N–H and O–H groups in total. The van der Waals surface area contributed by atoms with Gasteiger partial charge >= 0.3 is 0 Å². The SMILES string of the molecule is [CH2]CCCC[CH]C1CCCCCC1. The fourth-order valence-electron chi connectivity index (χ4n) is 2.22. The summed E-state index contributed by atoms with van der Waals surface area (Å²) >= 11 is 0. The third-order valence-corrected chi connectivity index (χ3v) is 3.10. The summed E-state index contributed by atoms with van der Waals surface area (Å²) in [6.07, 6.45) is 16.5. The molecule has 0 saturated heterocycles. The number of hydrogen-bond acceptors (Lipinski definition) is 0. The molecule has 0 amide bonds. The van der Waals surface area contributed by atoms with Crippen LogP contribution >= 0.6 is 0 Å². The Hall–Kier alpha value is 0. The molecule has 0 aliphatic heterocycles. The molecule has 0 heteroatoms. The first-order chi connectivity index (χ1) is 6.43. The second kappa shape index (κ2) is 7.41. The first kappa shape index (κ1) is 11.1. The molecule has 1 saturated carbocycles. The molecule has 0 aromatic rings. The summed E-state index contributed by atoms with van der Waals surface area (Å²) in [7, 11) is 0. The minimum Gasteiger partial charge on any atom is -0.0533 e. The van der Waals surface area contributed by atoms with Crippen LogP contribution in [-0.4, -0.2) is 0 Å². The van der Waals surface area contributed by atoms with Gasteiger partial charge in [-0.15, -0.1) is 0 Å². The van der Waals surface area contributed by atoms with Gasteiger partial charge in [0.25, 0.3) is 0 Å². The molecule has 0 nitrogen and oxygen atoms in total. The summed E-state index contributed by atoms with van der Waals surface area (Å²) < 4.78 is 0. The zero-order chi connectivity index (χ0) is 9.36. The van der Waals surface area contributed by atoms with Crippen molar-refractivity contribution in [3.05, 3.63) is 13.3 Å². The summed E-state index contributed by atoms with van der Waals surface area (Å²) in [5, 5.41) is 0. The van der Waals surface area contributed by atoms with Gasteiger partial charge in [-0.2, -0.15) is 0 Å². The highest BCUT2D eigenvalue weighted by atomic mass is 14.2. The summed E-state index contributed by atoms with van der Waals surface area (Å²) in [5.74, 6) is 0.951. The summed E-state index contributed by atoms with van der Waals surface area (Å²) in [6, 6.07) is 0. The van der Waals surface area contributed by atoms with Gasteiger partial charge in [-0.3, -0.25) is 0 Å². The molecule has 13 heavy (non-hydrogen) atoms. The Kier molecular flexibility index (Phi) is 6.31. The lowest BCUT2D eigenvalue weighted by atomic mass is 9.94. The van der Waals surface area contributed by atoms with E-state index in [2.05, 4.69) is 13.3 Å². The van der Waals surface area contributed by atoms with Crippen LogP contribution < -0.4 is 0 Å². The van der Waals surface area contributed by atoms with Crippen molar-refractivity contribution in [2.75, 3.05) is 0 Å². The van der Waals surface area contributed by atoms with Crippen molar-refractivity contribution in [3.63, 3.8) is 0 Å². The van der Waals surface area contributed by atoms with Gasteiger partial charge < -0.3 is 0 Å². The molecule has 1 fully saturated rings. The lowest BCUT2D eigenvalue weighted by molar-refractivity contribution is 0.498. The van der Waals surface area contributed by atoms with E-state index in [1.165, 1.54) is 57.8 Å². The van der Waals surface area contributed by atoms with Crippen molar-refractivity contribution in [2.45, 2.75) is 64.2 Å². The minimum absolute atomic E-state index is 0.951. The largest absolute Gasteiger partial charge is 0.0533 e. The van der Waals surface area contributed by atoms with Crippen molar-refractivity contribution >= 4 is 0 Å². The molecular weight excluding hydrogens is 156 g/mol. The maximum Gasteiger partial charge on any atom is -0.0355 e. The Bertz CT molecular complexity index is 98.6. The lowest BCUT2D eigenvalue weighted by Crippen LogP contribution is -1.99. The van der Waals surface area contributed by atoms with Gasteiger partial charge in [-0.05, 0) is 18.8 Å². The number of unbranched alkanes of at least 4 members (excludes halogenated alkanes) is 3. The standard InChI is InChI=1S/C13H24/c1-2-3-4-7-10-13-11-8-5-6-9-12-13/h10,13H,1-9,11-12H2. The molecule has 1 aliphatic carbocycles. The van der Waals surface area contributed by atoms with Crippen LogP contribution in [0.3, 0.4) is 0 Å². The summed E-state index contributed by atoms with van der Waals surface area (Å²) in [6.45, 7) is 3.87. The highest BCUT2D eigenvalue weighted by Gasteiger charge is 2.11. The van der Waals surface area contributed by atoms with E-state index >= 15 is 0 Å². The second-order valence-corrected chi connectivity index (χ2v) is 4.34. The maximum absolute atomic E-state index is 3.87. The van der Waals surface area contributed by atoms with Crippen molar-refractivity contribution in [3.8, 4) is 0 Å². The molecule has 0 aromatic heterocycles. The Morgan fingerprint density at radius 3 is 2.31 bits per heavy atom. The predicted octanol–water partition coefficient (Wildman–Crippen LogP) is 4.56. The third kappa shape index (κ3) is 5.33. The molecule has 0 spiro atoms. The van der Waals surface area contributed by atoms with Gasteiger partial charge in [0, 0.05) is 0 Å². The zero-order valence-electron chi connectivity index (χ0n) is 8.93. The van der Waals surface area contributed by atoms with Gasteiger partial charge in [0.05, 0.1) is 0 Å². The van der Waals surface area contributed by atoms with Crippen molar-refractivity contribution in [1.29, 1.82) is 0 Å². The van der Waals surface area contributed by atoms with E-state index in [1.807, 2.05) is 0 Å². The van der Waals surface area contributed by atoms with Gasteiger partial charge in [0.15, 0.2) is 0 Å². The molecule has 1 aliphatic rings. The second-order valence-electron chi connectivity index (χ2n) is 4.34. The molecule has 0 atom stereocenters. The Balaban J connectivity index is 1.98. The maximum atomic E-state index is 3.87. The first-order valence-corrected chi connectivity index (χ1v) is 6.06. The molecular formula is C13H24. The van der Waals surface area contributed by atoms with E-state index in [0.29, 0.717) is 0 Å². The molecule has 0 heterocycles. The molecule has 0 bridgehead atoms. The minimum atomic E-state index is 0.951. The van der Waals surface area contributed by atoms with Crippen LogP contribution in [-0.2, 0) is 0 Å². The van der Waals surface area contributed by atoms with E-state index < -0.39 is 0 Å². The average molecular weight is 180 g/mol. The average Bonchev–Trinajstić information content (AvgIpc) is 2.41. The molecule has 0 aromatic carbocycles. The highest BCUT2D eigenvalue weighted by molar-refractivity contribution is 4.78. The van der Waals surface area contributed by atoms with Crippen LogP contribution in [0, 0.1) is 19.3 Å². The van der Waals surface area contributed by atoms with Gasteiger partial charge in [-0.1, -0.05) is 64.7 Å². The molecule has 0 unspecified atom stereocenters. The van der Waals surface area contributed by atoms with E-state index in [-0.39, 0.29) is 0 Å². The van der Waals surface area contributed by atoms with E-state index in [9.17, 15) is 0 Å². The first-order valence-electron chi connectivity index (χ1n) is 6.06. The van der Waals surface area contributed by atoms with E-state index in [1.54, 1.807) is 0 Å². The lowest BCUT2D eigenvalue weighted by Gasteiger charge is -2.12. The van der Waals surface area contributed by atoms with Crippen molar-refractivity contribution in [2.24, 2.45) is 5.92 Å². The predicted molar refractivity (Wildman–Crippen MR) is 59.3 cm³/mol.